The van der Waals surface area contributed by atoms with Crippen LogP contribution < -0.4 is 0 Å². The van der Waals surface area contributed by atoms with Crippen molar-refractivity contribution in [3.8, 4) is 0 Å². The van der Waals surface area contributed by atoms with Gasteiger partial charge in [-0.2, -0.15) is 0 Å². The van der Waals surface area contributed by atoms with Gasteiger partial charge in [0.2, 0.25) is 5.91 Å². The molecule has 0 aromatic heterocycles. The highest BCUT2D eigenvalue weighted by Gasteiger charge is 2.35. The lowest BCUT2D eigenvalue weighted by Gasteiger charge is -2.34. The van der Waals surface area contributed by atoms with E-state index < -0.39 is 0 Å². The maximum Gasteiger partial charge on any atom is 0.234 e. The summed E-state index contributed by atoms with van der Waals surface area (Å²) in [6.07, 6.45) is 0. The van der Waals surface area contributed by atoms with Gasteiger partial charge in [-0.1, -0.05) is 107 Å². The van der Waals surface area contributed by atoms with Crippen molar-refractivity contribution < 1.29 is 4.79 Å². The van der Waals surface area contributed by atoms with Gasteiger partial charge in [0.05, 0.1) is 5.92 Å². The zero-order chi connectivity index (χ0) is 27.6. The summed E-state index contributed by atoms with van der Waals surface area (Å²) < 4.78 is 0. The first-order valence-corrected chi connectivity index (χ1v) is 14.2. The molecule has 0 spiro atoms. The van der Waals surface area contributed by atoms with Crippen molar-refractivity contribution in [2.75, 3.05) is 14.1 Å². The molecule has 2 rings (SSSR count). The quantitative estimate of drug-likeness (QED) is 0.342. The molecule has 2 aromatic carbocycles. The van der Waals surface area contributed by atoms with E-state index in [1.807, 2.05) is 14.1 Å². The maximum absolute atomic E-state index is 14.3. The second-order valence-electron chi connectivity index (χ2n) is 12.8. The average molecular weight is 492 g/mol. The molecule has 1 amide bonds. The Kier molecular flexibility index (Phi) is 10.0. The molecule has 36 heavy (non-hydrogen) atoms. The van der Waals surface area contributed by atoms with Crippen molar-refractivity contribution in [2.45, 2.75) is 125 Å². The molecule has 0 N–H and O–H groups in total. The first kappa shape index (κ1) is 30.1. The van der Waals surface area contributed by atoms with Gasteiger partial charge in [-0.05, 0) is 80.0 Å². The summed E-state index contributed by atoms with van der Waals surface area (Å²) in [5.41, 5.74) is 10.5. The molecule has 0 saturated carbocycles. The van der Waals surface area contributed by atoms with E-state index in [4.69, 9.17) is 0 Å². The highest BCUT2D eigenvalue weighted by Crippen LogP contribution is 2.45. The summed E-state index contributed by atoms with van der Waals surface area (Å²) in [6, 6.07) is 9.55. The predicted molar refractivity (Wildman–Crippen MR) is 158 cm³/mol. The molecule has 0 fully saturated rings. The fourth-order valence-corrected chi connectivity index (χ4v) is 5.34. The van der Waals surface area contributed by atoms with E-state index >= 15 is 0 Å². The Labute approximate surface area is 222 Å². The first-order valence-electron chi connectivity index (χ1n) is 14.2. The van der Waals surface area contributed by atoms with Crippen molar-refractivity contribution in [1.29, 1.82) is 0 Å². The molecule has 2 nitrogen and oxygen atoms in total. The van der Waals surface area contributed by atoms with Crippen LogP contribution in [0.5, 0.6) is 0 Å². The third kappa shape index (κ3) is 6.24. The predicted octanol–water partition coefficient (Wildman–Crippen LogP) is 9.65. The first-order chi connectivity index (χ1) is 16.6. The highest BCUT2D eigenvalue weighted by atomic mass is 16.2. The third-order valence-corrected chi connectivity index (χ3v) is 7.62. The number of hydrogen-bond donors (Lipinski definition) is 0. The molecule has 0 aliphatic carbocycles. The largest absolute Gasteiger partial charge is 0.348 e. The maximum atomic E-state index is 14.3. The molecule has 200 valence electrons. The molecule has 0 atom stereocenters. The summed E-state index contributed by atoms with van der Waals surface area (Å²) in [6.45, 7) is 27.3. The molecule has 2 aromatic rings. The zero-order valence-electron chi connectivity index (χ0n) is 25.7. The summed E-state index contributed by atoms with van der Waals surface area (Å²) in [4.78, 5) is 16.1. The smallest absolute Gasteiger partial charge is 0.234 e. The Hall–Kier alpha value is -2.09. The van der Waals surface area contributed by atoms with E-state index in [2.05, 4.69) is 107 Å². The molecule has 0 radical (unpaired) electrons. The standard InChI is InChI=1S/C34H53NO/c1-19(2)25-15-27(21(5)6)31(28(16-25)22(7)8)33(34(36)35(13)14)32-29(23(9)10)17-26(20(3)4)18-30(32)24(11)12/h15-24,33H,1-14H3. The summed E-state index contributed by atoms with van der Waals surface area (Å²) in [7, 11) is 3.82. The molecule has 0 aliphatic heterocycles. The van der Waals surface area contributed by atoms with Crippen LogP contribution >= 0.6 is 0 Å². The van der Waals surface area contributed by atoms with Gasteiger partial charge in [-0.25, -0.2) is 0 Å². The number of carbonyl (C=O) groups excluding carboxylic acids is 1. The Morgan fingerprint density at radius 3 is 0.917 bits per heavy atom. The van der Waals surface area contributed by atoms with Crippen molar-refractivity contribution >= 4 is 5.91 Å². The summed E-state index contributed by atoms with van der Waals surface area (Å²) >= 11 is 0. The Morgan fingerprint density at radius 2 is 0.750 bits per heavy atom. The minimum absolute atomic E-state index is 0.178. The number of benzene rings is 2. The van der Waals surface area contributed by atoms with Crippen LogP contribution in [-0.4, -0.2) is 24.9 Å². The van der Waals surface area contributed by atoms with Crippen LogP contribution in [-0.2, 0) is 4.79 Å². The lowest BCUT2D eigenvalue weighted by molar-refractivity contribution is -0.129. The molecular formula is C34H53NO. The van der Waals surface area contributed by atoms with Gasteiger partial charge in [-0.3, -0.25) is 4.79 Å². The molecule has 0 unspecified atom stereocenters. The van der Waals surface area contributed by atoms with Gasteiger partial charge in [0.25, 0.3) is 0 Å². The molecule has 0 aliphatic rings. The van der Waals surface area contributed by atoms with E-state index in [0.29, 0.717) is 35.5 Å². The number of likely N-dealkylation sites (N-methyl/N-ethyl adjacent to an activating group) is 1. The highest BCUT2D eigenvalue weighted by molar-refractivity contribution is 5.89. The lowest BCUT2D eigenvalue weighted by atomic mass is 9.72. The molecule has 2 heteroatoms. The van der Waals surface area contributed by atoms with E-state index in [9.17, 15) is 4.79 Å². The van der Waals surface area contributed by atoms with E-state index in [1.165, 1.54) is 44.5 Å². The minimum atomic E-state index is -0.313. The number of nitrogens with zero attached hydrogens (tertiary/aromatic N) is 1. The van der Waals surface area contributed by atoms with Crippen LogP contribution in [0, 0.1) is 0 Å². The Morgan fingerprint density at radius 1 is 0.500 bits per heavy atom. The van der Waals surface area contributed by atoms with Crippen LogP contribution in [0.25, 0.3) is 0 Å². The van der Waals surface area contributed by atoms with Gasteiger partial charge in [-0.15, -0.1) is 0 Å². The van der Waals surface area contributed by atoms with Gasteiger partial charge in [0.15, 0.2) is 0 Å². The SMILES string of the molecule is CC(C)c1cc(C(C)C)c(C(C(=O)N(C)C)c2c(C(C)C)cc(C(C)C)cc2C(C)C)c(C(C)C)c1. The van der Waals surface area contributed by atoms with Gasteiger partial charge in [0, 0.05) is 14.1 Å². The van der Waals surface area contributed by atoms with Crippen LogP contribution in [0.2, 0.25) is 0 Å². The van der Waals surface area contributed by atoms with Gasteiger partial charge in [0.1, 0.15) is 0 Å². The molecular weight excluding hydrogens is 438 g/mol. The molecule has 0 heterocycles. The van der Waals surface area contributed by atoms with Crippen LogP contribution in [0.4, 0.5) is 0 Å². The van der Waals surface area contributed by atoms with Crippen molar-refractivity contribution in [1.82, 2.24) is 4.90 Å². The van der Waals surface area contributed by atoms with Crippen LogP contribution in [0.15, 0.2) is 24.3 Å². The van der Waals surface area contributed by atoms with E-state index in [1.54, 1.807) is 4.90 Å². The van der Waals surface area contributed by atoms with Crippen LogP contribution in [0.3, 0.4) is 0 Å². The number of rotatable bonds is 9. The summed E-state index contributed by atoms with van der Waals surface area (Å²) in [5, 5.41) is 0. The fourth-order valence-electron chi connectivity index (χ4n) is 5.34. The third-order valence-electron chi connectivity index (χ3n) is 7.62. The summed E-state index contributed by atoms with van der Waals surface area (Å²) in [5.74, 6) is 2.06. The normalized spacial score (nSPS) is 12.4. The zero-order valence-corrected chi connectivity index (χ0v) is 25.7. The Bertz CT molecular complexity index is 919. The van der Waals surface area contributed by atoms with Crippen molar-refractivity contribution in [3.05, 3.63) is 68.8 Å². The van der Waals surface area contributed by atoms with Crippen molar-refractivity contribution in [2.24, 2.45) is 0 Å². The van der Waals surface area contributed by atoms with Crippen molar-refractivity contribution in [3.63, 3.8) is 0 Å². The second-order valence-corrected chi connectivity index (χ2v) is 12.8. The number of hydrogen-bond acceptors (Lipinski definition) is 1. The molecule has 0 bridgehead atoms. The monoisotopic (exact) mass is 491 g/mol. The topological polar surface area (TPSA) is 20.3 Å². The van der Waals surface area contributed by atoms with E-state index in [-0.39, 0.29) is 11.8 Å². The average Bonchev–Trinajstić information content (AvgIpc) is 2.77. The second kappa shape index (κ2) is 12.0. The van der Waals surface area contributed by atoms with Gasteiger partial charge >= 0.3 is 0 Å². The minimum Gasteiger partial charge on any atom is -0.348 e. The lowest BCUT2D eigenvalue weighted by Crippen LogP contribution is -2.32. The fraction of sp³-hybridized carbons (Fsp3) is 0.618. The number of carbonyl (C=O) groups is 1. The van der Waals surface area contributed by atoms with Gasteiger partial charge < -0.3 is 4.90 Å². The number of amides is 1. The van der Waals surface area contributed by atoms with E-state index in [0.717, 1.165) is 0 Å². The van der Waals surface area contributed by atoms with Crippen LogP contribution in [0.1, 0.15) is 169 Å². The molecule has 0 saturated heterocycles. The Balaban J connectivity index is 3.19.